The molecule has 28 heavy (non-hydrogen) atoms. The summed E-state index contributed by atoms with van der Waals surface area (Å²) < 4.78 is 15.7. The van der Waals surface area contributed by atoms with Gasteiger partial charge in [-0.3, -0.25) is 4.79 Å². The van der Waals surface area contributed by atoms with Gasteiger partial charge in [-0.15, -0.1) is 0 Å². The largest absolute Gasteiger partial charge is 0.354 e. The van der Waals surface area contributed by atoms with Gasteiger partial charge < -0.3 is 20.5 Å². The Balaban J connectivity index is 1.57. The summed E-state index contributed by atoms with van der Waals surface area (Å²) in [7, 11) is 1.98. The highest BCUT2D eigenvalue weighted by atomic mass is 32.1. The number of nitrogens with one attached hydrogen (secondary N) is 3. The van der Waals surface area contributed by atoms with Gasteiger partial charge in [-0.25, -0.2) is 4.39 Å². The molecule has 0 aliphatic carbocycles. The minimum Gasteiger partial charge on any atom is -0.354 e. The molecule has 0 spiro atoms. The molecule has 1 atom stereocenters. The number of amides is 1. The first kappa shape index (κ1) is 19.6. The predicted molar refractivity (Wildman–Crippen MR) is 114 cm³/mol. The molecule has 3 N–H and O–H groups in total. The zero-order chi connectivity index (χ0) is 20.1. The lowest BCUT2D eigenvalue weighted by atomic mass is 10.2. The van der Waals surface area contributed by atoms with E-state index >= 15 is 0 Å². The molecule has 1 heterocycles. The van der Waals surface area contributed by atoms with Crippen LogP contribution in [-0.2, 0) is 7.05 Å². The summed E-state index contributed by atoms with van der Waals surface area (Å²) in [5.41, 5.74) is 2.47. The van der Waals surface area contributed by atoms with E-state index in [2.05, 4.69) is 16.0 Å². The number of carbonyl (C=O) groups excluding carboxylic acids is 1. The number of aromatic nitrogens is 1. The summed E-state index contributed by atoms with van der Waals surface area (Å²) in [6.07, 6.45) is 1.98. The summed E-state index contributed by atoms with van der Waals surface area (Å²) in [6, 6.07) is 17.0. The molecular formula is C21H21FN4OS. The lowest BCUT2D eigenvalue weighted by Crippen LogP contribution is -2.31. The van der Waals surface area contributed by atoms with Crippen molar-refractivity contribution >= 4 is 34.6 Å². The highest BCUT2D eigenvalue weighted by Gasteiger charge is 2.12. The van der Waals surface area contributed by atoms with Gasteiger partial charge >= 0.3 is 0 Å². The molecule has 7 heteroatoms. The maximum atomic E-state index is 13.7. The normalized spacial score (nSPS) is 11.5. The van der Waals surface area contributed by atoms with Crippen molar-refractivity contribution in [1.82, 2.24) is 9.88 Å². The lowest BCUT2D eigenvalue weighted by Gasteiger charge is -2.18. The summed E-state index contributed by atoms with van der Waals surface area (Å²) in [4.78, 5) is 12.2. The van der Waals surface area contributed by atoms with Crippen LogP contribution >= 0.6 is 12.2 Å². The topological polar surface area (TPSA) is 58.1 Å². The van der Waals surface area contributed by atoms with E-state index in [4.69, 9.17) is 12.2 Å². The summed E-state index contributed by atoms with van der Waals surface area (Å²) in [6.45, 7) is 2.03. The van der Waals surface area contributed by atoms with Gasteiger partial charge in [0.25, 0.3) is 5.91 Å². The fourth-order valence-corrected chi connectivity index (χ4v) is 3.14. The second-order valence-electron chi connectivity index (χ2n) is 6.38. The van der Waals surface area contributed by atoms with Gasteiger partial charge in [0.05, 0.1) is 11.6 Å². The van der Waals surface area contributed by atoms with E-state index in [1.807, 2.05) is 36.9 Å². The number of benzene rings is 2. The molecule has 1 amide bonds. The van der Waals surface area contributed by atoms with E-state index in [0.717, 1.165) is 11.4 Å². The number of halogens is 1. The van der Waals surface area contributed by atoms with Crippen LogP contribution in [0, 0.1) is 5.82 Å². The molecule has 0 radical (unpaired) electrons. The third-order valence-electron chi connectivity index (χ3n) is 4.29. The Morgan fingerprint density at radius 2 is 1.64 bits per heavy atom. The second kappa shape index (κ2) is 8.67. The zero-order valence-electron chi connectivity index (χ0n) is 15.6. The highest BCUT2D eigenvalue weighted by Crippen LogP contribution is 2.17. The van der Waals surface area contributed by atoms with E-state index in [1.165, 1.54) is 12.1 Å². The van der Waals surface area contributed by atoms with Gasteiger partial charge in [-0.1, -0.05) is 12.1 Å². The zero-order valence-corrected chi connectivity index (χ0v) is 16.4. The second-order valence-corrected chi connectivity index (χ2v) is 6.78. The van der Waals surface area contributed by atoms with Crippen LogP contribution in [0.15, 0.2) is 66.9 Å². The van der Waals surface area contributed by atoms with Crippen LogP contribution in [0.4, 0.5) is 15.8 Å². The number of nitrogens with zero attached hydrogens (tertiary/aromatic N) is 1. The smallest absolute Gasteiger partial charge is 0.258 e. The van der Waals surface area contributed by atoms with Crippen LogP contribution < -0.4 is 16.0 Å². The summed E-state index contributed by atoms with van der Waals surface area (Å²) >= 11 is 5.37. The van der Waals surface area contributed by atoms with Crippen molar-refractivity contribution in [2.24, 2.45) is 7.05 Å². The molecule has 0 aliphatic rings. The number of anilines is 2. The minimum atomic E-state index is -0.554. The highest BCUT2D eigenvalue weighted by molar-refractivity contribution is 7.80. The van der Waals surface area contributed by atoms with Crippen molar-refractivity contribution in [1.29, 1.82) is 0 Å². The number of hydrogen-bond acceptors (Lipinski definition) is 2. The molecule has 5 nitrogen and oxygen atoms in total. The van der Waals surface area contributed by atoms with Crippen molar-refractivity contribution in [3.8, 4) is 0 Å². The number of hydrogen-bond donors (Lipinski definition) is 3. The lowest BCUT2D eigenvalue weighted by molar-refractivity contribution is 0.102. The first-order chi connectivity index (χ1) is 13.4. The van der Waals surface area contributed by atoms with Crippen LogP contribution in [-0.4, -0.2) is 15.6 Å². The van der Waals surface area contributed by atoms with E-state index in [1.54, 1.807) is 36.4 Å². The number of carbonyl (C=O) groups is 1. The first-order valence-corrected chi connectivity index (χ1v) is 9.19. The molecule has 0 saturated heterocycles. The van der Waals surface area contributed by atoms with Crippen LogP contribution in [0.1, 0.15) is 29.0 Å². The molecule has 1 aromatic heterocycles. The summed E-state index contributed by atoms with van der Waals surface area (Å²) in [5, 5.41) is 9.52. The van der Waals surface area contributed by atoms with E-state index in [9.17, 15) is 9.18 Å². The Hall–Kier alpha value is -3.19. The first-order valence-electron chi connectivity index (χ1n) is 8.79. The molecule has 1 unspecified atom stereocenters. The van der Waals surface area contributed by atoms with Gasteiger partial charge in [0.2, 0.25) is 0 Å². The van der Waals surface area contributed by atoms with Crippen molar-refractivity contribution in [3.05, 3.63) is 83.9 Å². The van der Waals surface area contributed by atoms with Crippen LogP contribution in [0.25, 0.3) is 0 Å². The molecule has 0 aliphatic heterocycles. The van der Waals surface area contributed by atoms with E-state index in [0.29, 0.717) is 10.8 Å². The SMILES string of the molecule is CC(NC(=S)Nc1ccc(NC(=O)c2ccccc2F)cc1)c1cccn1C. The number of rotatable bonds is 5. The van der Waals surface area contributed by atoms with Crippen molar-refractivity contribution in [3.63, 3.8) is 0 Å². The summed E-state index contributed by atoms with van der Waals surface area (Å²) in [5.74, 6) is -1.05. The minimum absolute atomic E-state index is 0.00439. The van der Waals surface area contributed by atoms with Crippen LogP contribution in [0.3, 0.4) is 0 Å². The molecule has 0 fully saturated rings. The maximum absolute atomic E-state index is 13.7. The molecule has 3 rings (SSSR count). The van der Waals surface area contributed by atoms with Crippen molar-refractivity contribution < 1.29 is 9.18 Å². The molecular weight excluding hydrogens is 375 g/mol. The average Bonchev–Trinajstić information content (AvgIpc) is 3.09. The quantitative estimate of drug-likeness (QED) is 0.557. The Kier molecular flexibility index (Phi) is 6.06. The van der Waals surface area contributed by atoms with Crippen molar-refractivity contribution in [2.75, 3.05) is 10.6 Å². The van der Waals surface area contributed by atoms with Gasteiger partial charge in [0, 0.05) is 30.3 Å². The molecule has 0 saturated carbocycles. The third-order valence-corrected chi connectivity index (χ3v) is 4.51. The van der Waals surface area contributed by atoms with Gasteiger partial charge in [0.15, 0.2) is 5.11 Å². The molecule has 144 valence electrons. The Morgan fingerprint density at radius 3 is 2.25 bits per heavy atom. The average molecular weight is 396 g/mol. The number of thiocarbonyl (C=S) groups is 1. The van der Waals surface area contributed by atoms with E-state index < -0.39 is 11.7 Å². The molecule has 2 aromatic carbocycles. The molecule has 3 aromatic rings. The standard InChI is InChI=1S/C21H21FN4OS/c1-14(19-8-5-13-26(19)2)23-21(28)25-16-11-9-15(10-12-16)24-20(27)17-6-3-4-7-18(17)22/h3-14H,1-2H3,(H,24,27)(H2,23,25,28). The van der Waals surface area contributed by atoms with Gasteiger partial charge in [0.1, 0.15) is 5.82 Å². The monoisotopic (exact) mass is 396 g/mol. The Labute approximate surface area is 168 Å². The van der Waals surface area contributed by atoms with Gasteiger partial charge in [-0.2, -0.15) is 0 Å². The van der Waals surface area contributed by atoms with Crippen molar-refractivity contribution in [2.45, 2.75) is 13.0 Å². The molecule has 0 bridgehead atoms. The van der Waals surface area contributed by atoms with Gasteiger partial charge in [-0.05, 0) is 67.7 Å². The Morgan fingerprint density at radius 1 is 1.00 bits per heavy atom. The van der Waals surface area contributed by atoms with Crippen LogP contribution in [0.2, 0.25) is 0 Å². The fourth-order valence-electron chi connectivity index (χ4n) is 2.84. The fraction of sp³-hybridized carbons (Fsp3) is 0.143. The predicted octanol–water partition coefficient (Wildman–Crippen LogP) is 4.46. The number of aryl methyl sites for hydroxylation is 1. The maximum Gasteiger partial charge on any atom is 0.258 e. The van der Waals surface area contributed by atoms with E-state index in [-0.39, 0.29) is 11.6 Å². The third kappa shape index (κ3) is 4.75. The Bertz CT molecular complexity index is 984. The van der Waals surface area contributed by atoms with Crippen LogP contribution in [0.5, 0.6) is 0 Å².